The number of halogens is 1. The van der Waals surface area contributed by atoms with Crippen LogP contribution >= 0.6 is 0 Å². The standard InChI is InChI=1S/C12H15FN2O/c1-12(7-15-6-10(12)11(14)16)8-3-2-4-9(13)5-8/h2-5,10,15H,6-7H2,1H3,(H2,14,16). The van der Waals surface area contributed by atoms with E-state index in [9.17, 15) is 9.18 Å². The molecule has 1 aliphatic rings. The first-order chi connectivity index (χ1) is 7.54. The molecule has 3 N–H and O–H groups in total. The first-order valence-corrected chi connectivity index (χ1v) is 5.30. The minimum Gasteiger partial charge on any atom is -0.369 e. The van der Waals surface area contributed by atoms with Gasteiger partial charge in [-0.2, -0.15) is 0 Å². The summed E-state index contributed by atoms with van der Waals surface area (Å²) in [4.78, 5) is 11.4. The monoisotopic (exact) mass is 222 g/mol. The van der Waals surface area contributed by atoms with Crippen molar-refractivity contribution in [3.8, 4) is 0 Å². The zero-order chi connectivity index (χ0) is 11.8. The third-order valence-corrected chi connectivity index (χ3v) is 3.44. The Kier molecular flexibility index (Phi) is 2.68. The highest BCUT2D eigenvalue weighted by Crippen LogP contribution is 2.35. The summed E-state index contributed by atoms with van der Waals surface area (Å²) in [6, 6.07) is 6.37. The van der Waals surface area contributed by atoms with E-state index in [2.05, 4.69) is 5.32 Å². The van der Waals surface area contributed by atoms with Crippen molar-refractivity contribution in [3.63, 3.8) is 0 Å². The van der Waals surface area contributed by atoms with E-state index in [-0.39, 0.29) is 17.6 Å². The highest BCUT2D eigenvalue weighted by Gasteiger charge is 2.43. The highest BCUT2D eigenvalue weighted by molar-refractivity contribution is 5.79. The van der Waals surface area contributed by atoms with Gasteiger partial charge >= 0.3 is 0 Å². The van der Waals surface area contributed by atoms with E-state index in [4.69, 9.17) is 5.73 Å². The molecule has 1 amide bonds. The Hall–Kier alpha value is -1.42. The van der Waals surface area contributed by atoms with E-state index >= 15 is 0 Å². The normalized spacial score (nSPS) is 29.2. The van der Waals surface area contributed by atoms with Crippen molar-refractivity contribution in [2.24, 2.45) is 11.7 Å². The third kappa shape index (κ3) is 1.69. The second-order valence-corrected chi connectivity index (χ2v) is 4.51. The molecule has 1 fully saturated rings. The lowest BCUT2D eigenvalue weighted by atomic mass is 9.74. The van der Waals surface area contributed by atoms with Crippen molar-refractivity contribution in [1.29, 1.82) is 0 Å². The number of hydrogen-bond donors (Lipinski definition) is 2. The molecule has 1 heterocycles. The molecule has 1 aliphatic heterocycles. The van der Waals surface area contributed by atoms with Gasteiger partial charge in [-0.1, -0.05) is 19.1 Å². The Bertz CT molecular complexity index is 421. The van der Waals surface area contributed by atoms with Gasteiger partial charge in [0.05, 0.1) is 5.92 Å². The molecule has 2 unspecified atom stereocenters. The van der Waals surface area contributed by atoms with Crippen LogP contribution < -0.4 is 11.1 Å². The van der Waals surface area contributed by atoms with Gasteiger partial charge in [0.15, 0.2) is 0 Å². The zero-order valence-corrected chi connectivity index (χ0v) is 9.16. The van der Waals surface area contributed by atoms with Crippen LogP contribution in [-0.4, -0.2) is 19.0 Å². The topological polar surface area (TPSA) is 55.1 Å². The van der Waals surface area contributed by atoms with Crippen molar-refractivity contribution in [3.05, 3.63) is 35.6 Å². The number of primary amides is 1. The molecule has 0 aliphatic carbocycles. The number of carbonyl (C=O) groups is 1. The Morgan fingerprint density at radius 1 is 1.62 bits per heavy atom. The molecule has 0 bridgehead atoms. The predicted molar refractivity (Wildman–Crippen MR) is 59.3 cm³/mol. The van der Waals surface area contributed by atoms with E-state index in [0.29, 0.717) is 13.1 Å². The minimum atomic E-state index is -0.409. The second kappa shape index (κ2) is 3.87. The van der Waals surface area contributed by atoms with Crippen LogP contribution in [0.4, 0.5) is 4.39 Å². The lowest BCUT2D eigenvalue weighted by Gasteiger charge is -2.29. The van der Waals surface area contributed by atoms with Crippen LogP contribution in [0.3, 0.4) is 0 Å². The van der Waals surface area contributed by atoms with Crippen LogP contribution in [0.25, 0.3) is 0 Å². The van der Waals surface area contributed by atoms with Gasteiger partial charge in [0.1, 0.15) is 5.82 Å². The van der Waals surface area contributed by atoms with Gasteiger partial charge in [0, 0.05) is 18.5 Å². The summed E-state index contributed by atoms with van der Waals surface area (Å²) in [5.74, 6) is -0.903. The van der Waals surface area contributed by atoms with Crippen LogP contribution in [0.1, 0.15) is 12.5 Å². The zero-order valence-electron chi connectivity index (χ0n) is 9.16. The maximum absolute atomic E-state index is 13.2. The molecule has 0 radical (unpaired) electrons. The summed E-state index contributed by atoms with van der Waals surface area (Å²) in [7, 11) is 0. The number of rotatable bonds is 2. The number of benzene rings is 1. The molecule has 1 aromatic carbocycles. The summed E-state index contributed by atoms with van der Waals surface area (Å²) in [6.45, 7) is 3.14. The largest absolute Gasteiger partial charge is 0.369 e. The van der Waals surface area contributed by atoms with Gasteiger partial charge in [0.2, 0.25) is 5.91 Å². The summed E-state index contributed by atoms with van der Waals surface area (Å²) in [5.41, 5.74) is 5.79. The Labute approximate surface area is 93.8 Å². The molecular formula is C12H15FN2O. The lowest BCUT2D eigenvalue weighted by molar-refractivity contribution is -0.122. The number of amides is 1. The van der Waals surface area contributed by atoms with Crippen molar-refractivity contribution in [2.75, 3.05) is 13.1 Å². The fraction of sp³-hybridized carbons (Fsp3) is 0.417. The first kappa shape index (κ1) is 11.1. The van der Waals surface area contributed by atoms with Crippen LogP contribution in [0.2, 0.25) is 0 Å². The molecule has 2 atom stereocenters. The van der Waals surface area contributed by atoms with Crippen LogP contribution in [0.5, 0.6) is 0 Å². The van der Waals surface area contributed by atoms with Gasteiger partial charge in [-0.3, -0.25) is 4.79 Å². The predicted octanol–water partition coefficient (Wildman–Crippen LogP) is 0.788. The first-order valence-electron chi connectivity index (χ1n) is 5.30. The van der Waals surface area contributed by atoms with Crippen molar-refractivity contribution >= 4 is 5.91 Å². The van der Waals surface area contributed by atoms with Crippen molar-refractivity contribution < 1.29 is 9.18 Å². The van der Waals surface area contributed by atoms with E-state index in [0.717, 1.165) is 5.56 Å². The van der Waals surface area contributed by atoms with Crippen molar-refractivity contribution in [1.82, 2.24) is 5.32 Å². The van der Waals surface area contributed by atoms with E-state index < -0.39 is 5.41 Å². The van der Waals surface area contributed by atoms with Gasteiger partial charge < -0.3 is 11.1 Å². The summed E-state index contributed by atoms with van der Waals surface area (Å²) in [5, 5.41) is 3.14. The Morgan fingerprint density at radius 3 is 3.00 bits per heavy atom. The fourth-order valence-electron chi connectivity index (χ4n) is 2.39. The molecule has 4 heteroatoms. The maximum Gasteiger partial charge on any atom is 0.222 e. The fourth-order valence-corrected chi connectivity index (χ4v) is 2.39. The van der Waals surface area contributed by atoms with E-state index in [1.807, 2.05) is 13.0 Å². The van der Waals surface area contributed by atoms with Gasteiger partial charge in [-0.05, 0) is 17.7 Å². The second-order valence-electron chi connectivity index (χ2n) is 4.51. The summed E-state index contributed by atoms with van der Waals surface area (Å²) in [6.07, 6.45) is 0. The molecule has 1 aromatic rings. The number of hydrogen-bond acceptors (Lipinski definition) is 2. The van der Waals surface area contributed by atoms with E-state index in [1.165, 1.54) is 12.1 Å². The molecule has 0 aromatic heterocycles. The van der Waals surface area contributed by atoms with Gasteiger partial charge in [-0.25, -0.2) is 4.39 Å². The minimum absolute atomic E-state index is 0.283. The average molecular weight is 222 g/mol. The molecule has 86 valence electrons. The van der Waals surface area contributed by atoms with E-state index in [1.54, 1.807) is 6.07 Å². The highest BCUT2D eigenvalue weighted by atomic mass is 19.1. The average Bonchev–Trinajstić information content (AvgIpc) is 2.62. The number of carbonyl (C=O) groups excluding carboxylic acids is 1. The molecule has 0 spiro atoms. The molecule has 16 heavy (non-hydrogen) atoms. The maximum atomic E-state index is 13.2. The SMILES string of the molecule is CC1(c2cccc(F)c2)CNCC1C(N)=O. The van der Waals surface area contributed by atoms with Crippen molar-refractivity contribution in [2.45, 2.75) is 12.3 Å². The summed E-state index contributed by atoms with van der Waals surface area (Å²) >= 11 is 0. The third-order valence-electron chi connectivity index (χ3n) is 3.44. The van der Waals surface area contributed by atoms with Crippen LogP contribution in [0.15, 0.2) is 24.3 Å². The summed E-state index contributed by atoms with van der Waals surface area (Å²) < 4.78 is 13.2. The van der Waals surface area contributed by atoms with Crippen LogP contribution in [-0.2, 0) is 10.2 Å². The molecule has 2 rings (SSSR count). The Morgan fingerprint density at radius 2 is 2.38 bits per heavy atom. The van der Waals surface area contributed by atoms with Gasteiger partial charge in [-0.15, -0.1) is 0 Å². The molecule has 1 saturated heterocycles. The molecule has 3 nitrogen and oxygen atoms in total. The van der Waals surface area contributed by atoms with Crippen LogP contribution in [0, 0.1) is 11.7 Å². The quantitative estimate of drug-likeness (QED) is 0.777. The lowest BCUT2D eigenvalue weighted by Crippen LogP contribution is -2.39. The molecule has 0 saturated carbocycles. The number of nitrogens with one attached hydrogen (secondary N) is 1. The molecular weight excluding hydrogens is 207 g/mol. The smallest absolute Gasteiger partial charge is 0.222 e. The Balaban J connectivity index is 2.41. The number of nitrogens with two attached hydrogens (primary N) is 1. The van der Waals surface area contributed by atoms with Gasteiger partial charge in [0.25, 0.3) is 0 Å².